The van der Waals surface area contributed by atoms with Crippen LogP contribution in [0.5, 0.6) is 0 Å². The lowest BCUT2D eigenvalue weighted by Gasteiger charge is -2.30. The highest BCUT2D eigenvalue weighted by Crippen LogP contribution is 2.23. The van der Waals surface area contributed by atoms with Crippen molar-refractivity contribution in [3.05, 3.63) is 0 Å². The van der Waals surface area contributed by atoms with Gasteiger partial charge in [0.25, 0.3) is 0 Å². The van der Waals surface area contributed by atoms with Crippen LogP contribution in [0, 0.1) is 17.8 Å². The van der Waals surface area contributed by atoms with Gasteiger partial charge in [-0.2, -0.15) is 0 Å². The van der Waals surface area contributed by atoms with Gasteiger partial charge in [0.05, 0.1) is 6.61 Å². The molecule has 0 aromatic rings. The van der Waals surface area contributed by atoms with E-state index in [0.29, 0.717) is 30.1 Å². The molecule has 2 fully saturated rings. The van der Waals surface area contributed by atoms with Crippen molar-refractivity contribution in [3.63, 3.8) is 0 Å². The third-order valence-corrected chi connectivity index (χ3v) is 4.87. The van der Waals surface area contributed by atoms with Crippen molar-refractivity contribution in [3.8, 4) is 0 Å². The van der Waals surface area contributed by atoms with Gasteiger partial charge in [-0.05, 0) is 51.1 Å². The van der Waals surface area contributed by atoms with Crippen LogP contribution in [-0.2, 0) is 9.53 Å². The molecule has 116 valence electrons. The Balaban J connectivity index is 1.78. The molecule has 4 nitrogen and oxygen atoms in total. The Bertz CT molecular complexity index is 297. The van der Waals surface area contributed by atoms with Crippen LogP contribution < -0.4 is 5.32 Å². The second kappa shape index (κ2) is 7.99. The molecule has 0 radical (unpaired) electrons. The molecule has 2 heterocycles. The number of ether oxygens (including phenoxy) is 1. The van der Waals surface area contributed by atoms with E-state index >= 15 is 0 Å². The van der Waals surface area contributed by atoms with Gasteiger partial charge in [-0.3, -0.25) is 4.79 Å². The monoisotopic (exact) mass is 282 g/mol. The maximum atomic E-state index is 12.5. The standard InChI is InChI=1S/C16H30N2O2/c1-3-18(11-14-6-8-20-12-14)16(19)9-13(2)15-5-4-7-17-10-15/h13-15,17H,3-12H2,1-2H3. The summed E-state index contributed by atoms with van der Waals surface area (Å²) in [5.41, 5.74) is 0. The number of piperidine rings is 1. The highest BCUT2D eigenvalue weighted by atomic mass is 16.5. The normalized spacial score (nSPS) is 28.3. The average molecular weight is 282 g/mol. The number of carbonyl (C=O) groups excluding carboxylic acids is 1. The Kier molecular flexibility index (Phi) is 6.30. The van der Waals surface area contributed by atoms with Gasteiger partial charge >= 0.3 is 0 Å². The van der Waals surface area contributed by atoms with E-state index in [9.17, 15) is 4.79 Å². The molecule has 3 atom stereocenters. The molecule has 0 saturated carbocycles. The van der Waals surface area contributed by atoms with Gasteiger partial charge in [0, 0.05) is 32.0 Å². The van der Waals surface area contributed by atoms with Crippen molar-refractivity contribution in [1.82, 2.24) is 10.2 Å². The van der Waals surface area contributed by atoms with Crippen molar-refractivity contribution in [1.29, 1.82) is 0 Å². The van der Waals surface area contributed by atoms with Crippen molar-refractivity contribution in [2.75, 3.05) is 39.4 Å². The summed E-state index contributed by atoms with van der Waals surface area (Å²) in [4.78, 5) is 14.5. The lowest BCUT2D eigenvalue weighted by atomic mass is 9.85. The zero-order valence-electron chi connectivity index (χ0n) is 13.1. The van der Waals surface area contributed by atoms with Gasteiger partial charge in [-0.1, -0.05) is 6.92 Å². The fourth-order valence-electron chi connectivity index (χ4n) is 3.38. The van der Waals surface area contributed by atoms with Crippen LogP contribution >= 0.6 is 0 Å². The van der Waals surface area contributed by atoms with E-state index < -0.39 is 0 Å². The average Bonchev–Trinajstić information content (AvgIpc) is 2.98. The minimum atomic E-state index is 0.331. The maximum absolute atomic E-state index is 12.5. The molecule has 3 unspecified atom stereocenters. The van der Waals surface area contributed by atoms with E-state index in [2.05, 4.69) is 19.2 Å². The summed E-state index contributed by atoms with van der Waals surface area (Å²) in [6, 6.07) is 0. The molecule has 20 heavy (non-hydrogen) atoms. The molecular weight excluding hydrogens is 252 g/mol. The molecule has 0 spiro atoms. The summed E-state index contributed by atoms with van der Waals surface area (Å²) in [6.07, 6.45) is 4.32. The minimum Gasteiger partial charge on any atom is -0.381 e. The second-order valence-corrected chi connectivity index (χ2v) is 6.45. The molecule has 1 amide bonds. The quantitative estimate of drug-likeness (QED) is 0.809. The summed E-state index contributed by atoms with van der Waals surface area (Å²) in [7, 11) is 0. The fourth-order valence-corrected chi connectivity index (χ4v) is 3.38. The zero-order chi connectivity index (χ0) is 14.4. The first-order valence-electron chi connectivity index (χ1n) is 8.27. The Labute approximate surface area is 123 Å². The van der Waals surface area contributed by atoms with Crippen LogP contribution in [0.15, 0.2) is 0 Å². The van der Waals surface area contributed by atoms with E-state index in [-0.39, 0.29) is 0 Å². The third-order valence-electron chi connectivity index (χ3n) is 4.87. The highest BCUT2D eigenvalue weighted by Gasteiger charge is 2.26. The molecule has 4 heteroatoms. The molecule has 2 aliphatic rings. The topological polar surface area (TPSA) is 41.6 Å². The number of nitrogens with one attached hydrogen (secondary N) is 1. The Hall–Kier alpha value is -0.610. The number of nitrogens with zero attached hydrogens (tertiary/aromatic N) is 1. The van der Waals surface area contributed by atoms with E-state index in [1.165, 1.54) is 12.8 Å². The van der Waals surface area contributed by atoms with E-state index in [1.807, 2.05) is 4.90 Å². The van der Waals surface area contributed by atoms with Crippen LogP contribution in [0.1, 0.15) is 39.5 Å². The molecule has 2 aliphatic heterocycles. The maximum Gasteiger partial charge on any atom is 0.222 e. The van der Waals surface area contributed by atoms with Gasteiger partial charge in [0.2, 0.25) is 5.91 Å². The van der Waals surface area contributed by atoms with Crippen molar-refractivity contribution in [2.45, 2.75) is 39.5 Å². The van der Waals surface area contributed by atoms with Crippen LogP contribution in [0.4, 0.5) is 0 Å². The highest BCUT2D eigenvalue weighted by molar-refractivity contribution is 5.76. The predicted molar refractivity (Wildman–Crippen MR) is 80.6 cm³/mol. The van der Waals surface area contributed by atoms with E-state index in [1.54, 1.807) is 0 Å². The summed E-state index contributed by atoms with van der Waals surface area (Å²) in [5, 5.41) is 3.45. The Morgan fingerprint density at radius 3 is 2.90 bits per heavy atom. The predicted octanol–water partition coefficient (Wildman–Crippen LogP) is 1.90. The molecule has 2 rings (SSSR count). The number of carbonyl (C=O) groups is 1. The van der Waals surface area contributed by atoms with Crippen LogP contribution in [0.25, 0.3) is 0 Å². The largest absolute Gasteiger partial charge is 0.381 e. The molecule has 0 bridgehead atoms. The Morgan fingerprint density at radius 2 is 2.30 bits per heavy atom. The molecule has 0 aliphatic carbocycles. The lowest BCUT2D eigenvalue weighted by molar-refractivity contribution is -0.133. The summed E-state index contributed by atoms with van der Waals surface area (Å²) < 4.78 is 5.41. The van der Waals surface area contributed by atoms with Crippen LogP contribution in [-0.4, -0.2) is 50.2 Å². The first-order valence-corrected chi connectivity index (χ1v) is 8.27. The number of hydrogen-bond donors (Lipinski definition) is 1. The second-order valence-electron chi connectivity index (χ2n) is 6.45. The minimum absolute atomic E-state index is 0.331. The van der Waals surface area contributed by atoms with Gasteiger partial charge in [0.15, 0.2) is 0 Å². The van der Waals surface area contributed by atoms with Crippen LogP contribution in [0.2, 0.25) is 0 Å². The van der Waals surface area contributed by atoms with Crippen molar-refractivity contribution < 1.29 is 9.53 Å². The molecule has 0 aromatic carbocycles. The van der Waals surface area contributed by atoms with Gasteiger partial charge < -0.3 is 15.0 Å². The van der Waals surface area contributed by atoms with E-state index in [4.69, 9.17) is 4.74 Å². The molecular formula is C16H30N2O2. The van der Waals surface area contributed by atoms with E-state index in [0.717, 1.165) is 45.8 Å². The van der Waals surface area contributed by atoms with Gasteiger partial charge in [-0.25, -0.2) is 0 Å². The first kappa shape index (κ1) is 15.8. The Morgan fingerprint density at radius 1 is 1.45 bits per heavy atom. The lowest BCUT2D eigenvalue weighted by Crippen LogP contribution is -2.39. The van der Waals surface area contributed by atoms with Gasteiger partial charge in [-0.15, -0.1) is 0 Å². The molecule has 1 N–H and O–H groups in total. The molecule has 2 saturated heterocycles. The third kappa shape index (κ3) is 4.45. The fraction of sp³-hybridized carbons (Fsp3) is 0.938. The van der Waals surface area contributed by atoms with Crippen LogP contribution in [0.3, 0.4) is 0 Å². The number of hydrogen-bond acceptors (Lipinski definition) is 3. The number of amides is 1. The molecule has 0 aromatic heterocycles. The zero-order valence-corrected chi connectivity index (χ0v) is 13.1. The number of rotatable bonds is 6. The SMILES string of the molecule is CCN(CC1CCOC1)C(=O)CC(C)C1CCCNC1. The summed E-state index contributed by atoms with van der Waals surface area (Å²) >= 11 is 0. The summed E-state index contributed by atoms with van der Waals surface area (Å²) in [6.45, 7) is 9.93. The van der Waals surface area contributed by atoms with Crippen molar-refractivity contribution >= 4 is 5.91 Å². The van der Waals surface area contributed by atoms with Crippen molar-refractivity contribution in [2.24, 2.45) is 17.8 Å². The van der Waals surface area contributed by atoms with Gasteiger partial charge in [0.1, 0.15) is 0 Å². The summed E-state index contributed by atoms with van der Waals surface area (Å²) in [5.74, 6) is 2.04. The first-order chi connectivity index (χ1) is 9.70. The smallest absolute Gasteiger partial charge is 0.222 e.